The molecule has 1 heterocycles. The highest BCUT2D eigenvalue weighted by Crippen LogP contribution is 2.39. The Balaban J connectivity index is 3.19. The van der Waals surface area contributed by atoms with Crippen LogP contribution < -0.4 is 0 Å². The summed E-state index contributed by atoms with van der Waals surface area (Å²) in [6.45, 7) is 44.9. The van der Waals surface area contributed by atoms with Gasteiger partial charge in [-0.05, 0) is 0 Å². The van der Waals surface area contributed by atoms with Gasteiger partial charge in [0.05, 0.1) is 0 Å². The fraction of sp³-hybridized carbons (Fsp3) is 1.00. The molecular weight excluding hydrogens is 561 g/mol. The lowest BCUT2D eigenvalue weighted by Crippen LogP contribution is -2.58. The maximum absolute atomic E-state index is 2.81. The molecule has 0 aliphatic carbocycles. The highest BCUT2D eigenvalue weighted by Gasteiger charge is 2.46. The third-order valence-electron chi connectivity index (χ3n) is 13.7. The molecule has 0 radical (unpaired) electrons. The number of hydrogen-bond acceptors (Lipinski definition) is 0. The fourth-order valence-electron chi connectivity index (χ4n) is 6.60. The van der Waals surface area contributed by atoms with Gasteiger partial charge in [-0.15, -0.1) is 0 Å². The van der Waals surface area contributed by atoms with Crippen molar-refractivity contribution in [3.63, 3.8) is 0 Å². The normalized spacial score (nSPS) is 30.7. The minimum Gasteiger partial charge on any atom is -0.0713 e. The lowest BCUT2D eigenvalue weighted by atomic mass is 10.6. The second-order valence-electron chi connectivity index (χ2n) is 18.5. The molecule has 1 saturated heterocycles. The predicted octanol–water partition coefficient (Wildman–Crippen LogP) is 11.5. The molecule has 0 spiro atoms. The second kappa shape index (κ2) is 12.3. The summed E-state index contributed by atoms with van der Waals surface area (Å²) in [5, 5.41) is 0. The van der Waals surface area contributed by atoms with Crippen molar-refractivity contribution in [1.82, 2.24) is 0 Å². The first kappa shape index (κ1) is 35.8. The molecule has 0 nitrogen and oxygen atoms in total. The first-order valence-electron chi connectivity index (χ1n) is 15.8. The largest absolute Gasteiger partial charge is 0.0713 e. The van der Waals surface area contributed by atoms with E-state index in [2.05, 4.69) is 105 Å². The molecule has 0 unspecified atom stereocenters. The van der Waals surface area contributed by atoms with Gasteiger partial charge in [0.2, 0.25) is 0 Å². The average molecular weight is 634 g/mol. The Hall–Kier alpha value is 1.74. The summed E-state index contributed by atoms with van der Waals surface area (Å²) in [7, 11) is -8.73. The smallest absolute Gasteiger partial charge is 0.0412 e. The van der Waals surface area contributed by atoms with E-state index in [1.165, 1.54) is 0 Å². The molecule has 0 aromatic rings. The van der Waals surface area contributed by atoms with E-state index in [0.717, 1.165) is 0 Å². The maximum Gasteiger partial charge on any atom is 0.0412 e. The van der Waals surface area contributed by atoms with Crippen LogP contribution >= 0.6 is 0 Å². The van der Waals surface area contributed by atoms with Crippen molar-refractivity contribution in [2.45, 2.75) is 179 Å². The van der Waals surface area contributed by atoms with Gasteiger partial charge in [0.15, 0.2) is 0 Å². The van der Waals surface area contributed by atoms with E-state index in [-0.39, 0.29) is 0 Å². The Morgan fingerprint density at radius 2 is 0.278 bits per heavy atom. The van der Waals surface area contributed by atoms with Crippen LogP contribution in [0.5, 0.6) is 0 Å². The molecule has 0 N–H and O–H groups in total. The van der Waals surface area contributed by atoms with Crippen LogP contribution in [-0.2, 0) is 0 Å². The van der Waals surface area contributed by atoms with Gasteiger partial charge in [0, 0.05) is 60.7 Å². The molecule has 0 bridgehead atoms. The van der Waals surface area contributed by atoms with Crippen molar-refractivity contribution >= 4 is 60.7 Å². The zero-order valence-electron chi connectivity index (χ0n) is 28.5. The molecule has 0 amide bonds. The molecule has 0 aromatic heterocycles. The fourth-order valence-corrected chi connectivity index (χ4v) is 42.4. The average Bonchev–Trinajstić information content (AvgIpc) is 2.65. The topological polar surface area (TPSA) is 0 Å². The van der Waals surface area contributed by atoms with Gasteiger partial charge in [-0.3, -0.25) is 0 Å². The third-order valence-corrected chi connectivity index (χ3v) is 91.2. The lowest BCUT2D eigenvalue weighted by molar-refractivity contribution is 0.988. The van der Waals surface area contributed by atoms with Crippen LogP contribution in [0.4, 0.5) is 0 Å². The number of hydrogen-bond donors (Lipinski definition) is 0. The van der Waals surface area contributed by atoms with Gasteiger partial charge in [-0.2, -0.15) is 0 Å². The standard InChI is InChI=1S/C28H72Si8/c1-29(2)21-17-23-31(5,6)33(9,10)25-19-27-35(13,14)36(15,16)28-20-26-34(11,12)32(7,8)24-18-22-30(29,3)4/h17-28H2,1-16H3. The van der Waals surface area contributed by atoms with Crippen LogP contribution in [0.25, 0.3) is 0 Å². The molecule has 1 aliphatic heterocycles. The van der Waals surface area contributed by atoms with E-state index < -0.39 is 60.7 Å². The van der Waals surface area contributed by atoms with Crippen molar-refractivity contribution in [2.24, 2.45) is 0 Å². The third kappa shape index (κ3) is 8.87. The van der Waals surface area contributed by atoms with E-state index in [9.17, 15) is 0 Å². The second-order valence-corrected chi connectivity index (χ2v) is 85.1. The van der Waals surface area contributed by atoms with E-state index >= 15 is 0 Å². The van der Waals surface area contributed by atoms with Crippen LogP contribution in [-0.4, -0.2) is 60.7 Å². The molecular formula is C28H72Si8. The highest BCUT2D eigenvalue weighted by molar-refractivity contribution is 7.43. The SMILES string of the molecule is C[Si]1(C)CCC[Si](C)(C)[Si](C)(C)CCC[Si](C)(C)[Si](C)(C)CCC[Si](C)(C)[Si](C)(C)CCC[Si]1(C)C. The molecule has 1 aliphatic rings. The van der Waals surface area contributed by atoms with E-state index in [4.69, 9.17) is 0 Å². The Bertz CT molecular complexity index is 528. The molecule has 1 rings (SSSR count). The van der Waals surface area contributed by atoms with Gasteiger partial charge in [-0.1, -0.05) is 179 Å². The first-order chi connectivity index (χ1) is 15.8. The van der Waals surface area contributed by atoms with E-state index in [1.807, 2.05) is 0 Å². The zero-order valence-corrected chi connectivity index (χ0v) is 36.5. The zero-order chi connectivity index (χ0) is 28.5. The van der Waals surface area contributed by atoms with Crippen molar-refractivity contribution < 1.29 is 0 Å². The molecule has 0 atom stereocenters. The Kier molecular flexibility index (Phi) is 12.2. The summed E-state index contributed by atoms with van der Waals surface area (Å²) >= 11 is 0. The summed E-state index contributed by atoms with van der Waals surface area (Å²) in [6, 6.07) is 13.1. The van der Waals surface area contributed by atoms with Crippen molar-refractivity contribution in [3.8, 4) is 0 Å². The van der Waals surface area contributed by atoms with Crippen LogP contribution in [0.1, 0.15) is 25.7 Å². The van der Waals surface area contributed by atoms with Crippen molar-refractivity contribution in [3.05, 3.63) is 0 Å². The van der Waals surface area contributed by atoms with Crippen LogP contribution in [0.2, 0.25) is 153 Å². The van der Waals surface area contributed by atoms with E-state index in [1.54, 1.807) is 74.0 Å². The summed E-state index contributed by atoms with van der Waals surface area (Å²) in [4.78, 5) is 0. The van der Waals surface area contributed by atoms with Crippen LogP contribution in [0.3, 0.4) is 0 Å². The van der Waals surface area contributed by atoms with Crippen LogP contribution in [0.15, 0.2) is 0 Å². The molecule has 8 heteroatoms. The first-order valence-corrected chi connectivity index (χ1v) is 45.5. The van der Waals surface area contributed by atoms with Crippen LogP contribution in [0, 0.1) is 0 Å². The summed E-state index contributed by atoms with van der Waals surface area (Å²) in [5.41, 5.74) is 0. The molecule has 0 saturated carbocycles. The monoisotopic (exact) mass is 632 g/mol. The lowest BCUT2D eigenvalue weighted by Gasteiger charge is -2.44. The van der Waals surface area contributed by atoms with Gasteiger partial charge in [0.1, 0.15) is 0 Å². The minimum absolute atomic E-state index is 1.09. The van der Waals surface area contributed by atoms with Crippen molar-refractivity contribution in [2.75, 3.05) is 0 Å². The Morgan fingerprint density at radius 3 is 0.361 bits per heavy atom. The Morgan fingerprint density at radius 1 is 0.194 bits per heavy atom. The van der Waals surface area contributed by atoms with Gasteiger partial charge < -0.3 is 0 Å². The maximum atomic E-state index is 2.81. The summed E-state index contributed by atoms with van der Waals surface area (Å²) in [5.74, 6) is 0. The molecule has 0 aromatic carbocycles. The van der Waals surface area contributed by atoms with Gasteiger partial charge in [-0.25, -0.2) is 0 Å². The summed E-state index contributed by atoms with van der Waals surface area (Å²) < 4.78 is 0. The van der Waals surface area contributed by atoms with Crippen molar-refractivity contribution in [1.29, 1.82) is 0 Å². The molecule has 1 fully saturated rings. The predicted molar refractivity (Wildman–Crippen MR) is 197 cm³/mol. The van der Waals surface area contributed by atoms with Gasteiger partial charge in [0.25, 0.3) is 0 Å². The molecule has 216 valence electrons. The quantitative estimate of drug-likeness (QED) is 0.233. The molecule has 36 heavy (non-hydrogen) atoms. The number of rotatable bonds is 0. The highest BCUT2D eigenvalue weighted by atomic mass is 29.3. The Labute approximate surface area is 238 Å². The van der Waals surface area contributed by atoms with E-state index in [0.29, 0.717) is 0 Å². The minimum atomic E-state index is -1.09. The summed E-state index contributed by atoms with van der Waals surface area (Å²) in [6.07, 6.45) is 6.30. The van der Waals surface area contributed by atoms with Gasteiger partial charge >= 0.3 is 0 Å².